The summed E-state index contributed by atoms with van der Waals surface area (Å²) in [6, 6.07) is 4.43. The third-order valence-corrected chi connectivity index (χ3v) is 4.23. The van der Waals surface area contributed by atoms with Crippen LogP contribution in [0.2, 0.25) is 0 Å². The molecule has 0 aliphatic heterocycles. The van der Waals surface area contributed by atoms with Gasteiger partial charge in [-0.3, -0.25) is 0 Å². The van der Waals surface area contributed by atoms with E-state index in [9.17, 15) is 0 Å². The molecule has 0 amide bonds. The van der Waals surface area contributed by atoms with Crippen LogP contribution >= 0.6 is 23.1 Å². The Morgan fingerprint density at radius 2 is 2.18 bits per heavy atom. The second kappa shape index (κ2) is 5.57. The molecule has 1 unspecified atom stereocenters. The molecule has 0 spiro atoms. The lowest BCUT2D eigenvalue weighted by atomic mass is 10.1. The lowest BCUT2D eigenvalue weighted by Gasteiger charge is -2.09. The van der Waals surface area contributed by atoms with Gasteiger partial charge in [0, 0.05) is 12.2 Å². The average molecular weight is 266 g/mol. The van der Waals surface area contributed by atoms with Crippen LogP contribution in [-0.4, -0.2) is 22.2 Å². The van der Waals surface area contributed by atoms with E-state index in [4.69, 9.17) is 0 Å². The van der Waals surface area contributed by atoms with Gasteiger partial charge in [-0.25, -0.2) is 4.98 Å². The number of pyridine rings is 1. The molecule has 0 radical (unpaired) electrons. The van der Waals surface area contributed by atoms with Gasteiger partial charge in [-0.15, -0.1) is 10.2 Å². The zero-order valence-electron chi connectivity index (χ0n) is 9.97. The Labute approximate surface area is 109 Å². The molecule has 0 bridgehead atoms. The Kier molecular flexibility index (Phi) is 4.09. The monoisotopic (exact) mass is 266 g/mol. The fraction of sp³-hybridized carbons (Fsp3) is 0.364. The third kappa shape index (κ3) is 3.24. The highest BCUT2D eigenvalue weighted by Crippen LogP contribution is 2.28. The number of rotatable bonds is 4. The van der Waals surface area contributed by atoms with E-state index in [1.54, 1.807) is 23.1 Å². The fourth-order valence-electron chi connectivity index (χ4n) is 1.28. The Morgan fingerprint density at radius 3 is 2.71 bits per heavy atom. The van der Waals surface area contributed by atoms with E-state index in [0.29, 0.717) is 6.04 Å². The van der Waals surface area contributed by atoms with Gasteiger partial charge < -0.3 is 5.32 Å². The molecule has 2 heterocycles. The standard InChI is InChI=1S/C11H14N4S2/c1-7(12-3)9-4-5-10(13-6-9)17-11-15-14-8(2)16-11/h4-7,12H,1-3H3. The van der Waals surface area contributed by atoms with Gasteiger partial charge in [0.2, 0.25) is 0 Å². The maximum atomic E-state index is 4.41. The van der Waals surface area contributed by atoms with Crippen molar-refractivity contribution in [1.29, 1.82) is 0 Å². The molecule has 0 aliphatic rings. The van der Waals surface area contributed by atoms with E-state index in [-0.39, 0.29) is 0 Å². The minimum atomic E-state index is 0.324. The molecule has 0 aliphatic carbocycles. The van der Waals surface area contributed by atoms with Crippen molar-refractivity contribution in [3.05, 3.63) is 28.9 Å². The highest BCUT2D eigenvalue weighted by Gasteiger charge is 2.06. The molecule has 17 heavy (non-hydrogen) atoms. The second-order valence-corrected chi connectivity index (χ2v) is 6.08. The summed E-state index contributed by atoms with van der Waals surface area (Å²) < 4.78 is 0.935. The molecule has 2 rings (SSSR count). The summed E-state index contributed by atoms with van der Waals surface area (Å²) in [5.41, 5.74) is 1.19. The van der Waals surface area contributed by atoms with Crippen molar-refractivity contribution >= 4 is 23.1 Å². The first-order chi connectivity index (χ1) is 8.19. The smallest absolute Gasteiger partial charge is 0.180 e. The molecule has 1 atom stereocenters. The van der Waals surface area contributed by atoms with Crippen molar-refractivity contribution < 1.29 is 0 Å². The molecule has 0 fully saturated rings. The van der Waals surface area contributed by atoms with Gasteiger partial charge in [0.25, 0.3) is 0 Å². The van der Waals surface area contributed by atoms with Crippen LogP contribution in [-0.2, 0) is 0 Å². The summed E-state index contributed by atoms with van der Waals surface area (Å²) in [5.74, 6) is 0. The van der Waals surface area contributed by atoms with Crippen molar-refractivity contribution in [3.8, 4) is 0 Å². The first kappa shape index (κ1) is 12.5. The summed E-state index contributed by atoms with van der Waals surface area (Å²) >= 11 is 3.14. The van der Waals surface area contributed by atoms with Crippen molar-refractivity contribution in [3.63, 3.8) is 0 Å². The molecule has 90 valence electrons. The van der Waals surface area contributed by atoms with Crippen LogP contribution in [0.4, 0.5) is 0 Å². The van der Waals surface area contributed by atoms with E-state index < -0.39 is 0 Å². The van der Waals surface area contributed by atoms with E-state index in [1.165, 1.54) is 5.56 Å². The molecule has 0 saturated carbocycles. The molecule has 2 aromatic heterocycles. The summed E-state index contributed by atoms with van der Waals surface area (Å²) in [4.78, 5) is 4.41. The predicted molar refractivity (Wildman–Crippen MR) is 70.5 cm³/mol. The van der Waals surface area contributed by atoms with Gasteiger partial charge in [0.05, 0.1) is 0 Å². The predicted octanol–water partition coefficient (Wildman–Crippen LogP) is 2.67. The number of hydrogen-bond donors (Lipinski definition) is 1. The minimum Gasteiger partial charge on any atom is -0.313 e. The van der Waals surface area contributed by atoms with E-state index in [0.717, 1.165) is 14.4 Å². The first-order valence-electron chi connectivity index (χ1n) is 5.30. The SMILES string of the molecule is CNC(C)c1ccc(Sc2nnc(C)s2)nc1. The van der Waals surface area contributed by atoms with Gasteiger partial charge in [-0.2, -0.15) is 0 Å². The van der Waals surface area contributed by atoms with Crippen LogP contribution in [0.15, 0.2) is 27.7 Å². The van der Waals surface area contributed by atoms with E-state index >= 15 is 0 Å². The number of aryl methyl sites for hydroxylation is 1. The quantitative estimate of drug-likeness (QED) is 0.922. The van der Waals surface area contributed by atoms with Crippen LogP contribution in [0.5, 0.6) is 0 Å². The number of nitrogens with one attached hydrogen (secondary N) is 1. The summed E-state index contributed by atoms with van der Waals surface area (Å²) in [6.07, 6.45) is 1.90. The van der Waals surface area contributed by atoms with Gasteiger partial charge in [0.1, 0.15) is 10.0 Å². The second-order valence-electron chi connectivity index (χ2n) is 3.63. The molecule has 2 aromatic rings. The molecule has 1 N–H and O–H groups in total. The zero-order valence-corrected chi connectivity index (χ0v) is 11.6. The molecular weight excluding hydrogens is 252 g/mol. The van der Waals surface area contributed by atoms with Crippen molar-refractivity contribution in [2.45, 2.75) is 29.3 Å². The summed E-state index contributed by atoms with van der Waals surface area (Å²) in [7, 11) is 1.94. The van der Waals surface area contributed by atoms with E-state index in [1.807, 2.05) is 26.2 Å². The lowest BCUT2D eigenvalue weighted by molar-refractivity contribution is 0.648. The third-order valence-electron chi connectivity index (χ3n) is 2.39. The number of hydrogen-bond acceptors (Lipinski definition) is 6. The van der Waals surface area contributed by atoms with Gasteiger partial charge >= 0.3 is 0 Å². The maximum Gasteiger partial charge on any atom is 0.180 e. The normalized spacial score (nSPS) is 12.6. The first-order valence-corrected chi connectivity index (χ1v) is 6.93. The zero-order chi connectivity index (χ0) is 12.3. The lowest BCUT2D eigenvalue weighted by Crippen LogP contribution is -2.12. The van der Waals surface area contributed by atoms with Crippen molar-refractivity contribution in [2.24, 2.45) is 0 Å². The Hall–Kier alpha value is -0.980. The number of nitrogens with zero attached hydrogens (tertiary/aromatic N) is 3. The number of aromatic nitrogens is 3. The molecule has 0 aromatic carbocycles. The van der Waals surface area contributed by atoms with Crippen molar-refractivity contribution in [1.82, 2.24) is 20.5 Å². The highest BCUT2D eigenvalue weighted by molar-refractivity contribution is 8.01. The van der Waals surface area contributed by atoms with Crippen LogP contribution in [0.1, 0.15) is 23.5 Å². The summed E-state index contributed by atoms with van der Waals surface area (Å²) in [6.45, 7) is 4.06. The maximum absolute atomic E-state index is 4.41. The Balaban J connectivity index is 2.08. The molecule has 6 heteroatoms. The van der Waals surface area contributed by atoms with Gasteiger partial charge in [-0.1, -0.05) is 17.4 Å². The minimum absolute atomic E-state index is 0.324. The fourth-order valence-corrected chi connectivity index (χ4v) is 2.99. The van der Waals surface area contributed by atoms with Crippen LogP contribution in [0, 0.1) is 6.92 Å². The molecule has 4 nitrogen and oxygen atoms in total. The summed E-state index contributed by atoms with van der Waals surface area (Å²) in [5, 5.41) is 13.2. The van der Waals surface area contributed by atoms with E-state index in [2.05, 4.69) is 33.5 Å². The highest BCUT2D eigenvalue weighted by atomic mass is 32.2. The van der Waals surface area contributed by atoms with Gasteiger partial charge in [0.15, 0.2) is 4.34 Å². The van der Waals surface area contributed by atoms with Crippen LogP contribution in [0.25, 0.3) is 0 Å². The Bertz CT molecular complexity index is 480. The largest absolute Gasteiger partial charge is 0.313 e. The average Bonchev–Trinajstić information content (AvgIpc) is 2.75. The molecule has 0 saturated heterocycles. The van der Waals surface area contributed by atoms with Crippen LogP contribution in [0.3, 0.4) is 0 Å². The Morgan fingerprint density at radius 1 is 1.35 bits per heavy atom. The molecular formula is C11H14N4S2. The van der Waals surface area contributed by atoms with Gasteiger partial charge in [-0.05, 0) is 44.3 Å². The van der Waals surface area contributed by atoms with Crippen molar-refractivity contribution in [2.75, 3.05) is 7.05 Å². The topological polar surface area (TPSA) is 50.7 Å². The van der Waals surface area contributed by atoms with Crippen LogP contribution < -0.4 is 5.32 Å².